The highest BCUT2D eigenvalue weighted by molar-refractivity contribution is 6.01. The number of aromatic nitrogens is 3. The van der Waals surface area contributed by atoms with Gasteiger partial charge in [0.1, 0.15) is 0 Å². The molecular weight excluding hydrogens is 306 g/mol. The van der Waals surface area contributed by atoms with E-state index in [1.807, 2.05) is 59.2 Å². The van der Waals surface area contributed by atoms with E-state index < -0.39 is 0 Å². The van der Waals surface area contributed by atoms with Gasteiger partial charge in [-0.25, -0.2) is 9.50 Å². The molecule has 0 unspecified atom stereocenters. The predicted molar refractivity (Wildman–Crippen MR) is 101 cm³/mol. The Labute approximate surface area is 145 Å². The summed E-state index contributed by atoms with van der Waals surface area (Å²) in [6, 6.07) is 28.8. The van der Waals surface area contributed by atoms with Gasteiger partial charge < -0.3 is 0 Å². The number of hydrogen-bond acceptors (Lipinski definition) is 2. The van der Waals surface area contributed by atoms with E-state index in [0.717, 1.165) is 38.9 Å². The zero-order chi connectivity index (χ0) is 16.6. The van der Waals surface area contributed by atoms with Gasteiger partial charge in [0.05, 0.1) is 17.6 Å². The lowest BCUT2D eigenvalue weighted by atomic mass is 10.1. The first-order valence-electron chi connectivity index (χ1n) is 8.29. The van der Waals surface area contributed by atoms with Gasteiger partial charge in [-0.05, 0) is 0 Å². The molecule has 0 saturated carbocycles. The summed E-state index contributed by atoms with van der Waals surface area (Å²) in [7, 11) is 0. The third-order valence-corrected chi connectivity index (χ3v) is 4.44. The van der Waals surface area contributed by atoms with Crippen molar-refractivity contribution in [2.24, 2.45) is 0 Å². The van der Waals surface area contributed by atoms with Crippen molar-refractivity contribution in [3.05, 3.63) is 91.1 Å². The molecule has 0 N–H and O–H groups in total. The molecule has 25 heavy (non-hydrogen) atoms. The molecule has 0 spiro atoms. The molecule has 3 aromatic carbocycles. The summed E-state index contributed by atoms with van der Waals surface area (Å²) in [5, 5.41) is 7.10. The molecule has 0 radical (unpaired) electrons. The van der Waals surface area contributed by atoms with E-state index in [0.29, 0.717) is 0 Å². The van der Waals surface area contributed by atoms with Crippen molar-refractivity contribution >= 4 is 16.4 Å². The first-order chi connectivity index (χ1) is 12.4. The lowest BCUT2D eigenvalue weighted by molar-refractivity contribution is 0.954. The molecule has 0 fully saturated rings. The second-order valence-electron chi connectivity index (χ2n) is 6.02. The third-order valence-electron chi connectivity index (χ3n) is 4.44. The average molecular weight is 321 g/mol. The molecule has 0 saturated heterocycles. The van der Waals surface area contributed by atoms with E-state index in [1.54, 1.807) is 0 Å². The van der Waals surface area contributed by atoms with Crippen molar-refractivity contribution < 1.29 is 0 Å². The van der Waals surface area contributed by atoms with Gasteiger partial charge in [-0.3, -0.25) is 0 Å². The summed E-state index contributed by atoms with van der Waals surface area (Å²) in [6.45, 7) is 0. The Morgan fingerprint density at radius 1 is 0.600 bits per heavy atom. The molecule has 2 aromatic heterocycles. The minimum atomic E-state index is 0.883. The molecule has 2 heterocycles. The van der Waals surface area contributed by atoms with E-state index in [9.17, 15) is 0 Å². The Morgan fingerprint density at radius 3 is 1.92 bits per heavy atom. The van der Waals surface area contributed by atoms with Crippen LogP contribution in [0.5, 0.6) is 0 Å². The van der Waals surface area contributed by atoms with Crippen molar-refractivity contribution in [1.82, 2.24) is 14.6 Å². The van der Waals surface area contributed by atoms with Crippen LogP contribution in [0.2, 0.25) is 0 Å². The second-order valence-corrected chi connectivity index (χ2v) is 6.02. The van der Waals surface area contributed by atoms with Gasteiger partial charge in [0.15, 0.2) is 5.65 Å². The number of nitrogens with zero attached hydrogens (tertiary/aromatic N) is 3. The molecule has 0 bridgehead atoms. The molecule has 3 heteroatoms. The first kappa shape index (κ1) is 13.9. The van der Waals surface area contributed by atoms with Gasteiger partial charge in [-0.2, -0.15) is 5.10 Å². The molecule has 5 aromatic rings. The van der Waals surface area contributed by atoms with Crippen LogP contribution in [0.15, 0.2) is 91.1 Å². The van der Waals surface area contributed by atoms with Crippen LogP contribution >= 0.6 is 0 Å². The van der Waals surface area contributed by atoms with Gasteiger partial charge in [0.25, 0.3) is 0 Å². The fourth-order valence-electron chi connectivity index (χ4n) is 3.23. The van der Waals surface area contributed by atoms with Crippen LogP contribution in [0.1, 0.15) is 0 Å². The normalized spacial score (nSPS) is 11.2. The molecular formula is C22H15N3. The Morgan fingerprint density at radius 2 is 1.20 bits per heavy atom. The predicted octanol–water partition coefficient (Wildman–Crippen LogP) is 5.22. The number of imidazole rings is 1. The molecule has 3 nitrogen and oxygen atoms in total. The second kappa shape index (κ2) is 5.56. The first-order valence-corrected chi connectivity index (χ1v) is 8.29. The molecule has 0 aliphatic carbocycles. The number of rotatable bonds is 2. The van der Waals surface area contributed by atoms with Crippen molar-refractivity contribution in [3.63, 3.8) is 0 Å². The maximum Gasteiger partial charge on any atom is 0.162 e. The molecule has 118 valence electrons. The minimum Gasteiger partial charge on any atom is -0.226 e. The Kier molecular flexibility index (Phi) is 3.10. The molecule has 0 aliphatic heterocycles. The van der Waals surface area contributed by atoms with Crippen LogP contribution in [0.3, 0.4) is 0 Å². The monoisotopic (exact) mass is 321 g/mol. The summed E-state index contributed by atoms with van der Waals surface area (Å²) < 4.78 is 1.90. The number of fused-ring (bicyclic) bond motifs is 3. The molecule has 0 aliphatic rings. The van der Waals surface area contributed by atoms with Gasteiger partial charge >= 0.3 is 0 Å². The van der Waals surface area contributed by atoms with E-state index >= 15 is 0 Å². The standard InChI is InChI=1S/C22H15N3/c1-3-9-16(10-4-1)20-15-25-22(23-20)19-14-8-7-13-18(19)21(24-25)17-11-5-2-6-12-17/h1-15H. The van der Waals surface area contributed by atoms with Crippen LogP contribution in [0.4, 0.5) is 0 Å². The van der Waals surface area contributed by atoms with Crippen molar-refractivity contribution in [3.8, 4) is 22.5 Å². The highest BCUT2D eigenvalue weighted by Crippen LogP contribution is 2.30. The van der Waals surface area contributed by atoms with E-state index in [1.165, 1.54) is 0 Å². The SMILES string of the molecule is c1ccc(-c2cn3nc(-c4ccccc4)c4ccccc4c3n2)cc1. The molecule has 0 amide bonds. The van der Waals surface area contributed by atoms with Gasteiger partial charge in [-0.15, -0.1) is 0 Å². The summed E-state index contributed by atoms with van der Waals surface area (Å²) in [4.78, 5) is 4.85. The molecule has 5 rings (SSSR count). The van der Waals surface area contributed by atoms with Crippen LogP contribution in [0.25, 0.3) is 38.9 Å². The maximum absolute atomic E-state index is 4.87. The Balaban J connectivity index is 1.84. The fourth-order valence-corrected chi connectivity index (χ4v) is 3.23. The Bertz CT molecular complexity index is 1180. The van der Waals surface area contributed by atoms with Crippen LogP contribution in [-0.4, -0.2) is 14.6 Å². The smallest absolute Gasteiger partial charge is 0.162 e. The summed E-state index contributed by atoms with van der Waals surface area (Å²) in [6.07, 6.45) is 2.00. The van der Waals surface area contributed by atoms with Crippen LogP contribution in [-0.2, 0) is 0 Å². The number of hydrogen-bond donors (Lipinski definition) is 0. The van der Waals surface area contributed by atoms with Crippen LogP contribution < -0.4 is 0 Å². The van der Waals surface area contributed by atoms with Crippen molar-refractivity contribution in [2.45, 2.75) is 0 Å². The highest BCUT2D eigenvalue weighted by atomic mass is 15.3. The largest absolute Gasteiger partial charge is 0.226 e. The minimum absolute atomic E-state index is 0.883. The Hall–Kier alpha value is -3.46. The summed E-state index contributed by atoms with van der Waals surface area (Å²) in [5.74, 6) is 0. The van der Waals surface area contributed by atoms with E-state index in [-0.39, 0.29) is 0 Å². The lowest BCUT2D eigenvalue weighted by Gasteiger charge is -2.07. The quantitative estimate of drug-likeness (QED) is 0.446. The van der Waals surface area contributed by atoms with E-state index in [2.05, 4.69) is 36.4 Å². The van der Waals surface area contributed by atoms with Gasteiger partial charge in [0, 0.05) is 21.9 Å². The van der Waals surface area contributed by atoms with Crippen LogP contribution in [0, 0.1) is 0 Å². The number of benzene rings is 3. The van der Waals surface area contributed by atoms with Gasteiger partial charge in [-0.1, -0.05) is 84.9 Å². The van der Waals surface area contributed by atoms with Crippen molar-refractivity contribution in [1.29, 1.82) is 0 Å². The topological polar surface area (TPSA) is 30.2 Å². The summed E-state index contributed by atoms with van der Waals surface area (Å²) in [5.41, 5.74) is 4.99. The van der Waals surface area contributed by atoms with Gasteiger partial charge in [0.2, 0.25) is 0 Å². The lowest BCUT2D eigenvalue weighted by Crippen LogP contribution is -1.96. The molecule has 0 atom stereocenters. The van der Waals surface area contributed by atoms with Crippen molar-refractivity contribution in [2.75, 3.05) is 0 Å². The highest BCUT2D eigenvalue weighted by Gasteiger charge is 2.13. The zero-order valence-electron chi connectivity index (χ0n) is 13.5. The fraction of sp³-hybridized carbons (Fsp3) is 0. The zero-order valence-corrected chi connectivity index (χ0v) is 13.5. The third kappa shape index (κ3) is 2.29. The average Bonchev–Trinajstić information content (AvgIpc) is 3.13. The maximum atomic E-state index is 4.87. The van der Waals surface area contributed by atoms with E-state index in [4.69, 9.17) is 10.1 Å². The summed E-state index contributed by atoms with van der Waals surface area (Å²) >= 11 is 0.